The van der Waals surface area contributed by atoms with Crippen LogP contribution in [-0.4, -0.2) is 73.4 Å². The highest BCUT2D eigenvalue weighted by molar-refractivity contribution is 8.13. The van der Waals surface area contributed by atoms with E-state index in [-0.39, 0.29) is 35.4 Å². The van der Waals surface area contributed by atoms with Crippen LogP contribution in [-0.2, 0) is 25.5 Å². The Morgan fingerprint density at radius 2 is 2.09 bits per heavy atom. The molecule has 0 unspecified atom stereocenters. The average molecular weight is 507 g/mol. The molecule has 0 saturated carbocycles. The van der Waals surface area contributed by atoms with E-state index in [9.17, 15) is 24.3 Å². The van der Waals surface area contributed by atoms with Crippen molar-refractivity contribution in [3.8, 4) is 5.75 Å². The van der Waals surface area contributed by atoms with Crippen LogP contribution >= 0.6 is 23.5 Å². The maximum Gasteiger partial charge on any atom is 0.323 e. The smallest absolute Gasteiger partial charge is 0.323 e. The molecule has 12 heteroatoms. The summed E-state index contributed by atoms with van der Waals surface area (Å²) < 4.78 is 4.62. The van der Waals surface area contributed by atoms with Crippen molar-refractivity contribution in [2.24, 2.45) is 5.73 Å². The molecular weight excluding hydrogens is 480 g/mol. The summed E-state index contributed by atoms with van der Waals surface area (Å²) in [4.78, 5) is 57.9. The van der Waals surface area contributed by atoms with E-state index in [1.54, 1.807) is 18.2 Å². The number of carbonyl (C=O) groups is 4. The van der Waals surface area contributed by atoms with Crippen LogP contribution in [0.4, 0.5) is 0 Å². The first-order valence-corrected chi connectivity index (χ1v) is 12.5. The van der Waals surface area contributed by atoms with Gasteiger partial charge in [0, 0.05) is 48.7 Å². The van der Waals surface area contributed by atoms with E-state index in [4.69, 9.17) is 5.73 Å². The summed E-state index contributed by atoms with van der Waals surface area (Å²) in [5.41, 5.74) is 6.79. The van der Waals surface area contributed by atoms with Gasteiger partial charge in [0.25, 0.3) is 0 Å². The van der Waals surface area contributed by atoms with Crippen molar-refractivity contribution >= 4 is 46.3 Å². The van der Waals surface area contributed by atoms with Gasteiger partial charge in [-0.2, -0.15) is 0 Å². The number of ketones is 1. The number of thioether (sulfide) groups is 2. The molecule has 0 aliphatic carbocycles. The number of phenolic OH excluding ortho intramolecular Hbond substituents is 1. The molecule has 2 aromatic rings. The van der Waals surface area contributed by atoms with Crippen LogP contribution in [0.2, 0.25) is 0 Å². The Bertz CT molecular complexity index is 1080. The van der Waals surface area contributed by atoms with Crippen molar-refractivity contribution in [1.29, 1.82) is 0 Å². The fraction of sp³-hybridized carbons (Fsp3) is 0.409. The zero-order valence-corrected chi connectivity index (χ0v) is 20.4. The Balaban J connectivity index is 1.83. The monoisotopic (exact) mass is 506 g/mol. The van der Waals surface area contributed by atoms with Crippen molar-refractivity contribution in [1.82, 2.24) is 14.9 Å². The molecule has 182 valence electrons. The summed E-state index contributed by atoms with van der Waals surface area (Å²) in [5, 5.41) is 9.70. The molecule has 1 aromatic carbocycles. The first kappa shape index (κ1) is 25.8. The number of carbonyl (C=O) groups excluding carboxylic acids is 4. The number of methoxy groups -OCH3 is 1. The van der Waals surface area contributed by atoms with Gasteiger partial charge in [0.15, 0.2) is 10.9 Å². The quantitative estimate of drug-likeness (QED) is 0.338. The first-order chi connectivity index (χ1) is 16.2. The van der Waals surface area contributed by atoms with Gasteiger partial charge in [-0.3, -0.25) is 19.2 Å². The highest BCUT2D eigenvalue weighted by Crippen LogP contribution is 2.45. The van der Waals surface area contributed by atoms with Crippen molar-refractivity contribution in [3.05, 3.63) is 47.5 Å². The number of nitrogens with zero attached hydrogens (tertiary/aromatic N) is 2. The molecule has 1 amide bonds. The molecule has 34 heavy (non-hydrogen) atoms. The number of H-pyrrole nitrogens is 1. The highest BCUT2D eigenvalue weighted by Gasteiger charge is 2.43. The van der Waals surface area contributed by atoms with Crippen LogP contribution in [0.5, 0.6) is 5.75 Å². The molecule has 1 aliphatic heterocycles. The topological polar surface area (TPSA) is 156 Å². The Kier molecular flexibility index (Phi) is 8.75. The number of aromatic nitrogens is 2. The lowest BCUT2D eigenvalue weighted by atomic mass is 10.1. The van der Waals surface area contributed by atoms with Gasteiger partial charge in [0.05, 0.1) is 7.11 Å². The van der Waals surface area contributed by atoms with E-state index in [0.717, 1.165) is 11.8 Å². The molecule has 4 N–H and O–H groups in total. The Labute approximate surface area is 205 Å². The van der Waals surface area contributed by atoms with Gasteiger partial charge in [0.1, 0.15) is 23.2 Å². The average Bonchev–Trinajstić information content (AvgIpc) is 3.45. The largest absolute Gasteiger partial charge is 0.508 e. The predicted molar refractivity (Wildman–Crippen MR) is 128 cm³/mol. The second-order valence-corrected chi connectivity index (χ2v) is 9.99. The summed E-state index contributed by atoms with van der Waals surface area (Å²) in [6, 6.07) is 4.95. The number of hydrogen-bond donors (Lipinski definition) is 3. The number of amides is 1. The number of para-hydroxylation sites is 1. The summed E-state index contributed by atoms with van der Waals surface area (Å²) >= 11 is 2.41. The number of esters is 1. The van der Waals surface area contributed by atoms with Crippen LogP contribution in [0, 0.1) is 0 Å². The standard InChI is InChI=1S/C22H26N4O6S2/c1-12(27)33-8-7-18(29)26-16(11-34-21(26)14-5-3-4-6-17(14)28)19(30)20-24-10-13(25-20)9-15(23)22(31)32-2/h3-6,10,15-16,21,28H,7-9,11,23H2,1-2H3,(H,24,25)/t15-,16-,21+/m0/s1. The van der Waals surface area contributed by atoms with Gasteiger partial charge in [-0.1, -0.05) is 30.0 Å². The number of hydrogen-bond acceptors (Lipinski definition) is 10. The van der Waals surface area contributed by atoms with E-state index in [2.05, 4.69) is 14.7 Å². The zero-order valence-electron chi connectivity index (χ0n) is 18.7. The lowest BCUT2D eigenvalue weighted by Crippen LogP contribution is -2.43. The fourth-order valence-corrected chi connectivity index (χ4v) is 5.62. The van der Waals surface area contributed by atoms with Crippen molar-refractivity contribution in [3.63, 3.8) is 0 Å². The highest BCUT2D eigenvalue weighted by atomic mass is 32.2. The third-order valence-electron chi connectivity index (χ3n) is 5.22. The number of aromatic hydroxyl groups is 1. The summed E-state index contributed by atoms with van der Waals surface area (Å²) in [6.07, 6.45) is 1.60. The Morgan fingerprint density at radius 1 is 1.35 bits per heavy atom. The summed E-state index contributed by atoms with van der Waals surface area (Å²) in [7, 11) is 1.24. The van der Waals surface area contributed by atoms with Gasteiger partial charge < -0.3 is 25.5 Å². The number of rotatable bonds is 9. The molecule has 1 fully saturated rings. The van der Waals surface area contributed by atoms with Crippen molar-refractivity contribution in [2.75, 3.05) is 18.6 Å². The van der Waals surface area contributed by atoms with Crippen LogP contribution in [0.15, 0.2) is 30.5 Å². The molecule has 0 bridgehead atoms. The third kappa shape index (κ3) is 5.99. The van der Waals surface area contributed by atoms with Crippen LogP contribution in [0.3, 0.4) is 0 Å². The predicted octanol–water partition coefficient (Wildman–Crippen LogP) is 1.65. The number of phenols is 1. The van der Waals surface area contributed by atoms with Gasteiger partial charge in [-0.05, 0) is 6.07 Å². The first-order valence-electron chi connectivity index (χ1n) is 10.5. The van der Waals surface area contributed by atoms with Gasteiger partial charge in [-0.15, -0.1) is 11.8 Å². The number of imidazole rings is 1. The minimum atomic E-state index is -0.905. The summed E-state index contributed by atoms with van der Waals surface area (Å²) in [6.45, 7) is 1.43. The Morgan fingerprint density at radius 3 is 2.76 bits per heavy atom. The lowest BCUT2D eigenvalue weighted by Gasteiger charge is -2.29. The molecule has 1 aromatic heterocycles. The molecule has 2 heterocycles. The van der Waals surface area contributed by atoms with Gasteiger partial charge >= 0.3 is 5.97 Å². The minimum Gasteiger partial charge on any atom is -0.508 e. The maximum atomic E-state index is 13.3. The second-order valence-electron chi connectivity index (χ2n) is 7.61. The maximum absolute atomic E-state index is 13.3. The zero-order chi connectivity index (χ0) is 24.8. The molecule has 10 nitrogen and oxygen atoms in total. The molecular formula is C22H26N4O6S2. The van der Waals surface area contributed by atoms with E-state index < -0.39 is 29.2 Å². The number of Topliss-reactive ketones (excluding diaryl/α,β-unsaturated/α-hetero) is 1. The fourth-order valence-electron chi connectivity index (χ4n) is 3.58. The number of nitrogens with one attached hydrogen (secondary N) is 1. The number of ether oxygens (including phenoxy) is 1. The molecule has 0 spiro atoms. The number of aromatic amines is 1. The SMILES string of the molecule is COC(=O)[C@@H](N)Cc1cnc(C(=O)[C@@H]2CS[C@H](c3ccccc3O)N2C(=O)CCSC(C)=O)[nH]1. The lowest BCUT2D eigenvalue weighted by molar-refractivity contribution is -0.142. The van der Waals surface area contributed by atoms with Crippen LogP contribution < -0.4 is 5.73 Å². The normalized spacial score (nSPS) is 18.5. The molecule has 1 saturated heterocycles. The Hall–Kier alpha value is -2.83. The third-order valence-corrected chi connectivity index (χ3v) is 7.34. The van der Waals surface area contributed by atoms with E-state index >= 15 is 0 Å². The molecule has 0 radical (unpaired) electrons. The minimum absolute atomic E-state index is 0.0288. The van der Waals surface area contributed by atoms with Crippen LogP contribution in [0.25, 0.3) is 0 Å². The second kappa shape index (κ2) is 11.5. The van der Waals surface area contributed by atoms with E-state index in [1.807, 2.05) is 0 Å². The summed E-state index contributed by atoms with van der Waals surface area (Å²) in [5.74, 6) is -0.602. The van der Waals surface area contributed by atoms with Crippen molar-refractivity contribution < 1.29 is 29.0 Å². The number of benzene rings is 1. The van der Waals surface area contributed by atoms with Crippen LogP contribution in [0.1, 0.15) is 40.6 Å². The number of nitrogens with two attached hydrogens (primary N) is 1. The van der Waals surface area contributed by atoms with Gasteiger partial charge in [0.2, 0.25) is 11.7 Å². The molecule has 3 rings (SSSR count). The van der Waals surface area contributed by atoms with E-state index in [0.29, 0.717) is 22.8 Å². The molecule has 1 aliphatic rings. The van der Waals surface area contributed by atoms with Gasteiger partial charge in [-0.25, -0.2) is 4.98 Å². The molecule has 3 atom stereocenters. The van der Waals surface area contributed by atoms with Crippen molar-refractivity contribution in [2.45, 2.75) is 37.2 Å². The van der Waals surface area contributed by atoms with E-state index in [1.165, 1.54) is 43.0 Å².